The van der Waals surface area contributed by atoms with E-state index in [-0.39, 0.29) is 12.5 Å². The highest BCUT2D eigenvalue weighted by Crippen LogP contribution is 2.37. The van der Waals surface area contributed by atoms with Gasteiger partial charge >= 0.3 is 5.97 Å². The summed E-state index contributed by atoms with van der Waals surface area (Å²) in [5.74, 6) is 1.46. The predicted molar refractivity (Wildman–Crippen MR) is 122 cm³/mol. The number of hydrogen-bond donors (Lipinski definition) is 1. The number of thioether (sulfide) groups is 1. The molecule has 1 amide bonds. The molecule has 0 bridgehead atoms. The van der Waals surface area contributed by atoms with E-state index in [9.17, 15) is 9.59 Å². The van der Waals surface area contributed by atoms with Crippen LogP contribution in [0.2, 0.25) is 0 Å². The van der Waals surface area contributed by atoms with Gasteiger partial charge in [0.25, 0.3) is 5.91 Å². The van der Waals surface area contributed by atoms with Crippen LogP contribution < -0.4 is 10.1 Å². The molecule has 11 heteroatoms. The number of benzene rings is 1. The number of rotatable bonds is 7. The number of nitrogens with zero attached hydrogens (tertiary/aromatic N) is 4. The second-order valence-electron chi connectivity index (χ2n) is 7.50. The SMILES string of the molecule is CCSc1nc2n(n1)C(c1ccc(OCC(=O)N3CCOCC3)cc1)C(C(=O)OC)=C(C)N2. The van der Waals surface area contributed by atoms with Crippen LogP contribution in [-0.4, -0.2) is 77.3 Å². The zero-order valence-corrected chi connectivity index (χ0v) is 19.7. The number of carbonyl (C=O) groups is 2. The van der Waals surface area contributed by atoms with Crippen molar-refractivity contribution in [3.8, 4) is 5.75 Å². The van der Waals surface area contributed by atoms with Crippen LogP contribution in [-0.2, 0) is 19.1 Å². The number of esters is 1. The van der Waals surface area contributed by atoms with E-state index in [4.69, 9.17) is 14.2 Å². The van der Waals surface area contributed by atoms with Crippen molar-refractivity contribution in [1.82, 2.24) is 19.7 Å². The second-order valence-corrected chi connectivity index (χ2v) is 8.74. The number of amides is 1. The number of aromatic nitrogens is 3. The van der Waals surface area contributed by atoms with E-state index >= 15 is 0 Å². The molecule has 2 aliphatic rings. The lowest BCUT2D eigenvalue weighted by atomic mass is 9.96. The van der Waals surface area contributed by atoms with Gasteiger partial charge in [-0.1, -0.05) is 30.8 Å². The van der Waals surface area contributed by atoms with Crippen LogP contribution in [0.15, 0.2) is 40.7 Å². The van der Waals surface area contributed by atoms with E-state index in [1.54, 1.807) is 21.7 Å². The average Bonchev–Trinajstić information content (AvgIpc) is 3.24. The monoisotopic (exact) mass is 473 g/mol. The second kappa shape index (κ2) is 10.3. The van der Waals surface area contributed by atoms with E-state index in [1.165, 1.54) is 18.9 Å². The summed E-state index contributed by atoms with van der Waals surface area (Å²) < 4.78 is 17.7. The minimum atomic E-state index is -0.503. The van der Waals surface area contributed by atoms with Crippen molar-refractivity contribution in [2.24, 2.45) is 0 Å². The van der Waals surface area contributed by atoms with Crippen LogP contribution >= 0.6 is 11.8 Å². The number of carbonyl (C=O) groups excluding carboxylic acids is 2. The number of methoxy groups -OCH3 is 1. The van der Waals surface area contributed by atoms with Crippen LogP contribution in [0.1, 0.15) is 25.5 Å². The third kappa shape index (κ3) is 4.98. The Morgan fingerprint density at radius 2 is 1.97 bits per heavy atom. The summed E-state index contributed by atoms with van der Waals surface area (Å²) in [6.07, 6.45) is 0. The molecule has 1 aromatic heterocycles. The fourth-order valence-electron chi connectivity index (χ4n) is 3.80. The maximum Gasteiger partial charge on any atom is 0.338 e. The van der Waals surface area contributed by atoms with Gasteiger partial charge < -0.3 is 24.4 Å². The minimum Gasteiger partial charge on any atom is -0.484 e. The molecule has 33 heavy (non-hydrogen) atoms. The van der Waals surface area contributed by atoms with E-state index in [1.807, 2.05) is 26.0 Å². The maximum absolute atomic E-state index is 12.6. The third-order valence-corrected chi connectivity index (χ3v) is 6.15. The van der Waals surface area contributed by atoms with Gasteiger partial charge in [-0.3, -0.25) is 4.79 Å². The molecular formula is C22H27N5O5S. The molecule has 176 valence electrons. The van der Waals surface area contributed by atoms with Crippen molar-refractivity contribution in [1.29, 1.82) is 0 Å². The van der Waals surface area contributed by atoms with Crippen LogP contribution in [0.3, 0.4) is 0 Å². The quantitative estimate of drug-likeness (QED) is 0.478. The molecule has 1 aromatic carbocycles. The Morgan fingerprint density at radius 1 is 1.24 bits per heavy atom. The van der Waals surface area contributed by atoms with Gasteiger partial charge in [0.05, 0.1) is 25.9 Å². The number of morpholine rings is 1. The number of allylic oxidation sites excluding steroid dienone is 1. The van der Waals surface area contributed by atoms with Crippen LogP contribution in [0.5, 0.6) is 5.75 Å². The van der Waals surface area contributed by atoms with E-state index < -0.39 is 12.0 Å². The summed E-state index contributed by atoms with van der Waals surface area (Å²) in [6.45, 7) is 6.07. The summed E-state index contributed by atoms with van der Waals surface area (Å²) >= 11 is 1.52. The third-order valence-electron chi connectivity index (χ3n) is 5.43. The Balaban J connectivity index is 1.55. The summed E-state index contributed by atoms with van der Waals surface area (Å²) in [5.41, 5.74) is 1.94. The lowest BCUT2D eigenvalue weighted by molar-refractivity contribution is -0.137. The lowest BCUT2D eigenvalue weighted by Crippen LogP contribution is -2.42. The van der Waals surface area contributed by atoms with Gasteiger partial charge in [-0.25, -0.2) is 9.48 Å². The zero-order chi connectivity index (χ0) is 23.4. The summed E-state index contributed by atoms with van der Waals surface area (Å²) in [4.78, 5) is 31.2. The number of ether oxygens (including phenoxy) is 3. The van der Waals surface area contributed by atoms with E-state index in [0.29, 0.717) is 54.4 Å². The Morgan fingerprint density at radius 3 is 2.64 bits per heavy atom. The molecule has 1 saturated heterocycles. The highest BCUT2D eigenvalue weighted by atomic mass is 32.2. The highest BCUT2D eigenvalue weighted by Gasteiger charge is 2.35. The number of nitrogens with one attached hydrogen (secondary N) is 1. The van der Waals surface area contributed by atoms with Crippen molar-refractivity contribution in [2.45, 2.75) is 25.0 Å². The predicted octanol–water partition coefficient (Wildman–Crippen LogP) is 2.09. The normalized spacial score (nSPS) is 17.9. The first-order valence-corrected chi connectivity index (χ1v) is 11.7. The first-order valence-electron chi connectivity index (χ1n) is 10.8. The molecule has 0 spiro atoms. The van der Waals surface area contributed by atoms with E-state index in [0.717, 1.165) is 11.3 Å². The zero-order valence-electron chi connectivity index (χ0n) is 18.9. The largest absolute Gasteiger partial charge is 0.484 e. The molecule has 0 aliphatic carbocycles. The lowest BCUT2D eigenvalue weighted by Gasteiger charge is -2.28. The van der Waals surface area contributed by atoms with Crippen LogP contribution in [0, 0.1) is 0 Å². The average molecular weight is 474 g/mol. The molecule has 1 atom stereocenters. The van der Waals surface area contributed by atoms with Crippen molar-refractivity contribution in [2.75, 3.05) is 51.1 Å². The molecule has 2 aliphatic heterocycles. The molecule has 0 radical (unpaired) electrons. The molecule has 10 nitrogen and oxygen atoms in total. The van der Waals surface area contributed by atoms with Gasteiger partial charge in [0, 0.05) is 18.8 Å². The standard InChI is InChI=1S/C22H27N5O5S/c1-4-33-22-24-21-23-14(2)18(20(29)30-3)19(27(21)25-22)15-5-7-16(8-6-15)32-13-17(28)26-9-11-31-12-10-26/h5-8,19H,4,9-13H2,1-3H3,(H,23,24,25). The molecule has 0 saturated carbocycles. The topological polar surface area (TPSA) is 108 Å². The van der Waals surface area contributed by atoms with Gasteiger partial charge in [0.2, 0.25) is 11.1 Å². The van der Waals surface area contributed by atoms with Crippen LogP contribution in [0.25, 0.3) is 0 Å². The number of anilines is 1. The highest BCUT2D eigenvalue weighted by molar-refractivity contribution is 7.99. The molecule has 2 aromatic rings. The van der Waals surface area contributed by atoms with Gasteiger partial charge in [-0.2, -0.15) is 4.98 Å². The first-order chi connectivity index (χ1) is 16.0. The molecular weight excluding hydrogens is 446 g/mol. The van der Waals surface area contributed by atoms with Gasteiger partial charge in [-0.05, 0) is 30.4 Å². The Bertz CT molecular complexity index is 1050. The molecule has 1 N–H and O–H groups in total. The van der Waals surface area contributed by atoms with Gasteiger partial charge in [-0.15, -0.1) is 5.10 Å². The van der Waals surface area contributed by atoms with Crippen molar-refractivity contribution in [3.05, 3.63) is 41.1 Å². The van der Waals surface area contributed by atoms with Crippen molar-refractivity contribution in [3.63, 3.8) is 0 Å². The molecule has 1 unspecified atom stereocenters. The summed E-state index contributed by atoms with van der Waals surface area (Å²) in [5, 5.41) is 8.39. The Labute approximate surface area is 196 Å². The molecule has 1 fully saturated rings. The fourth-order valence-corrected chi connectivity index (χ4v) is 4.35. The molecule has 4 rings (SSSR count). The summed E-state index contributed by atoms with van der Waals surface area (Å²) in [6, 6.07) is 6.79. The Kier molecular flexibility index (Phi) is 7.19. The van der Waals surface area contributed by atoms with E-state index in [2.05, 4.69) is 15.4 Å². The van der Waals surface area contributed by atoms with Crippen molar-refractivity contribution >= 4 is 29.6 Å². The first kappa shape index (κ1) is 23.1. The van der Waals surface area contributed by atoms with Crippen molar-refractivity contribution < 1.29 is 23.8 Å². The minimum absolute atomic E-state index is 0.0378. The summed E-state index contributed by atoms with van der Waals surface area (Å²) in [7, 11) is 1.36. The maximum atomic E-state index is 12.6. The number of fused-ring (bicyclic) bond motifs is 1. The number of hydrogen-bond acceptors (Lipinski definition) is 9. The Hall–Kier alpha value is -3.05. The fraction of sp³-hybridized carbons (Fsp3) is 0.455. The van der Waals surface area contributed by atoms with Gasteiger partial charge in [0.15, 0.2) is 6.61 Å². The van der Waals surface area contributed by atoms with Crippen LogP contribution in [0.4, 0.5) is 5.95 Å². The smallest absolute Gasteiger partial charge is 0.338 e. The van der Waals surface area contributed by atoms with Gasteiger partial charge in [0.1, 0.15) is 11.8 Å². The molecule has 3 heterocycles.